The summed E-state index contributed by atoms with van der Waals surface area (Å²) in [4.78, 5) is 19.3. The Labute approximate surface area is 113 Å². The molecule has 7 heteroatoms. The molecule has 2 amide bonds. The first-order chi connectivity index (χ1) is 8.65. The molecule has 2 rings (SSSR count). The molecule has 0 saturated heterocycles. The Kier molecular flexibility index (Phi) is 3.96. The summed E-state index contributed by atoms with van der Waals surface area (Å²) in [5.41, 5.74) is 0.526. The minimum atomic E-state index is -0.459. The second-order valence-electron chi connectivity index (χ2n) is 3.28. The number of urea groups is 1. The second kappa shape index (κ2) is 5.66. The molecule has 0 fully saturated rings. The molecule has 0 aliphatic heterocycles. The van der Waals surface area contributed by atoms with E-state index >= 15 is 0 Å². The van der Waals surface area contributed by atoms with Crippen LogP contribution in [0.5, 0.6) is 0 Å². The predicted molar refractivity (Wildman–Crippen MR) is 71.1 cm³/mol. The monoisotopic (exact) mass is 282 g/mol. The smallest absolute Gasteiger partial charge is 0.308 e. The van der Waals surface area contributed by atoms with Crippen molar-refractivity contribution < 1.29 is 4.79 Å². The first kappa shape index (κ1) is 12.6. The first-order valence-electron chi connectivity index (χ1n) is 4.95. The fourth-order valence-corrected chi connectivity index (χ4v) is 1.50. The number of hydrogen-bond donors (Lipinski definition) is 2. The highest BCUT2D eigenvalue weighted by Gasteiger charge is 2.05. The molecule has 0 aliphatic carbocycles. The fraction of sp³-hybridized carbons (Fsp3) is 0. The quantitative estimate of drug-likeness (QED) is 0.887. The van der Waals surface area contributed by atoms with E-state index in [4.69, 9.17) is 23.2 Å². The van der Waals surface area contributed by atoms with E-state index in [9.17, 15) is 4.79 Å². The number of carbonyl (C=O) groups is 1. The van der Waals surface area contributed by atoms with Crippen LogP contribution in [0.15, 0.2) is 36.7 Å². The Morgan fingerprint density at radius 3 is 2.44 bits per heavy atom. The number of aromatic nitrogens is 2. The van der Waals surface area contributed by atoms with E-state index in [1.165, 1.54) is 12.4 Å². The minimum absolute atomic E-state index is 0.218. The van der Waals surface area contributed by atoms with E-state index in [1.54, 1.807) is 24.3 Å². The van der Waals surface area contributed by atoms with Gasteiger partial charge in [-0.15, -0.1) is 0 Å². The molecule has 5 nitrogen and oxygen atoms in total. The summed E-state index contributed by atoms with van der Waals surface area (Å²) in [6.45, 7) is 0. The topological polar surface area (TPSA) is 66.9 Å². The molecule has 18 heavy (non-hydrogen) atoms. The van der Waals surface area contributed by atoms with Gasteiger partial charge in [-0.1, -0.05) is 23.2 Å². The van der Waals surface area contributed by atoms with Gasteiger partial charge in [0.2, 0.25) is 5.95 Å². The number of amides is 2. The van der Waals surface area contributed by atoms with Crippen LogP contribution in [0.1, 0.15) is 0 Å². The molecule has 1 aromatic heterocycles. The van der Waals surface area contributed by atoms with Crippen LogP contribution in [0.3, 0.4) is 0 Å². The highest BCUT2D eigenvalue weighted by atomic mass is 35.5. The number of rotatable bonds is 2. The zero-order chi connectivity index (χ0) is 13.0. The maximum absolute atomic E-state index is 11.6. The summed E-state index contributed by atoms with van der Waals surface area (Å²) in [5, 5.41) is 5.85. The zero-order valence-corrected chi connectivity index (χ0v) is 10.5. The van der Waals surface area contributed by atoms with Gasteiger partial charge in [0.25, 0.3) is 0 Å². The number of carbonyl (C=O) groups excluding carboxylic acids is 1. The van der Waals surface area contributed by atoms with Crippen LogP contribution in [0, 0.1) is 0 Å². The largest absolute Gasteiger partial charge is 0.326 e. The van der Waals surface area contributed by atoms with Crippen LogP contribution in [-0.4, -0.2) is 16.0 Å². The van der Waals surface area contributed by atoms with Crippen molar-refractivity contribution in [2.24, 2.45) is 0 Å². The molecule has 1 aromatic carbocycles. The number of hydrogen-bond acceptors (Lipinski definition) is 3. The molecule has 0 unspecified atom stereocenters. The van der Waals surface area contributed by atoms with Crippen molar-refractivity contribution in [3.05, 3.63) is 46.7 Å². The number of halogens is 2. The first-order valence-corrected chi connectivity index (χ1v) is 5.71. The molecule has 2 N–H and O–H groups in total. The number of nitrogens with zero attached hydrogens (tertiary/aromatic N) is 2. The van der Waals surface area contributed by atoms with Crippen molar-refractivity contribution in [3.63, 3.8) is 0 Å². The third-order valence-corrected chi connectivity index (χ3v) is 2.71. The van der Waals surface area contributed by atoms with Crippen molar-refractivity contribution in [1.29, 1.82) is 0 Å². The predicted octanol–water partition coefficient (Wildman–Crippen LogP) is 3.43. The van der Waals surface area contributed by atoms with Crippen molar-refractivity contribution in [2.75, 3.05) is 10.6 Å². The third-order valence-electron chi connectivity index (χ3n) is 1.97. The summed E-state index contributed by atoms with van der Waals surface area (Å²) in [6, 6.07) is 5.98. The molecule has 0 aliphatic rings. The lowest BCUT2D eigenvalue weighted by molar-refractivity contribution is 0.262. The Morgan fingerprint density at radius 2 is 1.78 bits per heavy atom. The summed E-state index contributed by atoms with van der Waals surface area (Å²) >= 11 is 11.6. The molecule has 1 heterocycles. The fourth-order valence-electron chi connectivity index (χ4n) is 1.20. The number of nitrogens with one attached hydrogen (secondary N) is 2. The van der Waals surface area contributed by atoms with Crippen LogP contribution in [0.4, 0.5) is 16.4 Å². The lowest BCUT2D eigenvalue weighted by Gasteiger charge is -2.06. The second-order valence-corrected chi connectivity index (χ2v) is 4.09. The van der Waals surface area contributed by atoms with E-state index in [0.717, 1.165) is 0 Å². The molecule has 0 spiro atoms. The maximum atomic E-state index is 11.6. The summed E-state index contributed by atoms with van der Waals surface area (Å²) in [7, 11) is 0. The van der Waals surface area contributed by atoms with Gasteiger partial charge in [-0.25, -0.2) is 14.8 Å². The third kappa shape index (κ3) is 3.32. The Bertz CT molecular complexity index is 562. The number of anilines is 2. The van der Waals surface area contributed by atoms with E-state index in [0.29, 0.717) is 15.7 Å². The molecule has 0 radical (unpaired) electrons. The van der Waals surface area contributed by atoms with Crippen molar-refractivity contribution in [1.82, 2.24) is 9.97 Å². The van der Waals surface area contributed by atoms with Crippen molar-refractivity contribution >= 4 is 40.9 Å². The normalized spacial score (nSPS) is 9.89. The molecular weight excluding hydrogens is 275 g/mol. The average Bonchev–Trinajstić information content (AvgIpc) is 2.35. The van der Waals surface area contributed by atoms with Gasteiger partial charge in [0.05, 0.1) is 10.0 Å². The molecule has 0 bridgehead atoms. The van der Waals surface area contributed by atoms with Crippen LogP contribution >= 0.6 is 23.2 Å². The molecule has 92 valence electrons. The maximum Gasteiger partial charge on any atom is 0.326 e. The van der Waals surface area contributed by atoms with Crippen LogP contribution in [-0.2, 0) is 0 Å². The summed E-state index contributed by atoms with van der Waals surface area (Å²) < 4.78 is 0. The summed E-state index contributed by atoms with van der Waals surface area (Å²) in [5.74, 6) is 0.218. The van der Waals surface area contributed by atoms with Gasteiger partial charge in [-0.2, -0.15) is 0 Å². The standard InChI is InChI=1S/C11H8Cl2N4O/c12-8-3-2-7(6-9(8)13)16-11(18)17-10-14-4-1-5-15-10/h1-6H,(H2,14,15,16,17,18). The van der Waals surface area contributed by atoms with E-state index in [1.807, 2.05) is 0 Å². The van der Waals surface area contributed by atoms with Crippen LogP contribution in [0.25, 0.3) is 0 Å². The van der Waals surface area contributed by atoms with Crippen LogP contribution < -0.4 is 10.6 Å². The Morgan fingerprint density at radius 1 is 1.06 bits per heavy atom. The van der Waals surface area contributed by atoms with Gasteiger partial charge in [-0.05, 0) is 24.3 Å². The highest BCUT2D eigenvalue weighted by Crippen LogP contribution is 2.24. The van der Waals surface area contributed by atoms with Gasteiger partial charge < -0.3 is 5.32 Å². The molecule has 2 aromatic rings. The Balaban J connectivity index is 2.01. The molecular formula is C11H8Cl2N4O. The van der Waals surface area contributed by atoms with Crippen LogP contribution in [0.2, 0.25) is 10.0 Å². The van der Waals surface area contributed by atoms with Gasteiger partial charge >= 0.3 is 6.03 Å². The minimum Gasteiger partial charge on any atom is -0.308 e. The van der Waals surface area contributed by atoms with Gasteiger partial charge in [0, 0.05) is 18.1 Å². The summed E-state index contributed by atoms with van der Waals surface area (Å²) in [6.07, 6.45) is 3.06. The SMILES string of the molecule is O=C(Nc1ccc(Cl)c(Cl)c1)Nc1ncccn1. The van der Waals surface area contributed by atoms with E-state index in [-0.39, 0.29) is 5.95 Å². The zero-order valence-electron chi connectivity index (χ0n) is 9.02. The molecule has 0 atom stereocenters. The van der Waals surface area contributed by atoms with E-state index < -0.39 is 6.03 Å². The van der Waals surface area contributed by atoms with Gasteiger partial charge in [0.15, 0.2) is 0 Å². The number of benzene rings is 1. The highest BCUT2D eigenvalue weighted by molar-refractivity contribution is 6.42. The average molecular weight is 283 g/mol. The molecule has 0 saturated carbocycles. The van der Waals surface area contributed by atoms with Crippen molar-refractivity contribution in [2.45, 2.75) is 0 Å². The van der Waals surface area contributed by atoms with Gasteiger partial charge in [0.1, 0.15) is 0 Å². The van der Waals surface area contributed by atoms with Crippen molar-refractivity contribution in [3.8, 4) is 0 Å². The van der Waals surface area contributed by atoms with Gasteiger partial charge in [-0.3, -0.25) is 5.32 Å². The lowest BCUT2D eigenvalue weighted by Crippen LogP contribution is -2.20. The Hall–Kier alpha value is -1.85. The van der Waals surface area contributed by atoms with E-state index in [2.05, 4.69) is 20.6 Å². The lowest BCUT2D eigenvalue weighted by atomic mass is 10.3.